The van der Waals surface area contributed by atoms with Crippen molar-refractivity contribution in [3.8, 4) is 11.5 Å². The Morgan fingerprint density at radius 1 is 1.00 bits per heavy atom. The second-order valence-electron chi connectivity index (χ2n) is 6.99. The highest BCUT2D eigenvalue weighted by molar-refractivity contribution is 5.43. The second kappa shape index (κ2) is 10.3. The fourth-order valence-corrected chi connectivity index (χ4v) is 3.35. The molecule has 4 heteroatoms. The third-order valence-electron chi connectivity index (χ3n) is 5.00. The normalized spacial score (nSPS) is 14.9. The molecule has 3 rings (SSSR count). The van der Waals surface area contributed by atoms with Crippen LogP contribution in [0.5, 0.6) is 11.5 Å². The number of benzene rings is 2. The Morgan fingerprint density at radius 3 is 2.59 bits per heavy atom. The summed E-state index contributed by atoms with van der Waals surface area (Å²) in [6, 6.07) is 14.7. The zero-order valence-electron chi connectivity index (χ0n) is 16.6. The van der Waals surface area contributed by atoms with Gasteiger partial charge in [0.1, 0.15) is 6.61 Å². The lowest BCUT2D eigenvalue weighted by Crippen LogP contribution is -2.36. The van der Waals surface area contributed by atoms with Crippen LogP contribution in [0.15, 0.2) is 42.5 Å². The van der Waals surface area contributed by atoms with Gasteiger partial charge in [0, 0.05) is 13.1 Å². The van der Waals surface area contributed by atoms with E-state index >= 15 is 0 Å². The van der Waals surface area contributed by atoms with Crippen LogP contribution in [-0.4, -0.2) is 44.4 Å². The summed E-state index contributed by atoms with van der Waals surface area (Å²) in [7, 11) is 0. The number of rotatable bonds is 9. The summed E-state index contributed by atoms with van der Waals surface area (Å²) in [5.74, 6) is 1.66. The van der Waals surface area contributed by atoms with E-state index in [1.54, 1.807) is 0 Å². The summed E-state index contributed by atoms with van der Waals surface area (Å²) in [4.78, 5) is 2.48. The number of ether oxygens (including phenoxy) is 3. The van der Waals surface area contributed by atoms with Crippen molar-refractivity contribution in [1.29, 1.82) is 0 Å². The lowest BCUT2D eigenvalue weighted by Gasteiger charge is -2.26. The molecule has 0 aromatic heterocycles. The fourth-order valence-electron chi connectivity index (χ4n) is 3.35. The number of hydrogen-bond donors (Lipinski definition) is 0. The SMILES string of the molecule is CCOc1cc(CCCN2CCOCC2)ccc1OCc1ccccc1C. The molecule has 0 spiro atoms. The summed E-state index contributed by atoms with van der Waals surface area (Å²) < 4.78 is 17.3. The molecule has 0 radical (unpaired) electrons. The summed E-state index contributed by atoms with van der Waals surface area (Å²) in [5, 5.41) is 0. The van der Waals surface area contributed by atoms with Crippen molar-refractivity contribution in [3.63, 3.8) is 0 Å². The lowest BCUT2D eigenvalue weighted by molar-refractivity contribution is 0.0374. The van der Waals surface area contributed by atoms with Crippen molar-refractivity contribution >= 4 is 0 Å². The van der Waals surface area contributed by atoms with E-state index in [-0.39, 0.29) is 0 Å². The second-order valence-corrected chi connectivity index (χ2v) is 6.99. The quantitative estimate of drug-likeness (QED) is 0.662. The average molecular weight is 370 g/mol. The molecular formula is C23H31NO3. The Bertz CT molecular complexity index is 711. The van der Waals surface area contributed by atoms with Gasteiger partial charge < -0.3 is 14.2 Å². The van der Waals surface area contributed by atoms with Crippen molar-refractivity contribution < 1.29 is 14.2 Å². The zero-order chi connectivity index (χ0) is 18.9. The molecule has 0 bridgehead atoms. The molecular weight excluding hydrogens is 338 g/mol. The minimum absolute atomic E-state index is 0.559. The van der Waals surface area contributed by atoms with E-state index < -0.39 is 0 Å². The van der Waals surface area contributed by atoms with Gasteiger partial charge >= 0.3 is 0 Å². The van der Waals surface area contributed by atoms with E-state index in [2.05, 4.69) is 42.2 Å². The maximum atomic E-state index is 6.06. The van der Waals surface area contributed by atoms with Crippen LogP contribution >= 0.6 is 0 Å². The predicted molar refractivity (Wildman–Crippen MR) is 109 cm³/mol. The maximum absolute atomic E-state index is 6.06. The molecule has 1 aliphatic heterocycles. The highest BCUT2D eigenvalue weighted by atomic mass is 16.5. The third-order valence-corrected chi connectivity index (χ3v) is 5.00. The number of hydrogen-bond acceptors (Lipinski definition) is 4. The van der Waals surface area contributed by atoms with Gasteiger partial charge in [-0.1, -0.05) is 30.3 Å². The highest BCUT2D eigenvalue weighted by Crippen LogP contribution is 2.30. The van der Waals surface area contributed by atoms with E-state index in [0.717, 1.165) is 57.2 Å². The molecule has 27 heavy (non-hydrogen) atoms. The number of nitrogens with zero attached hydrogens (tertiary/aromatic N) is 1. The molecule has 1 fully saturated rings. The van der Waals surface area contributed by atoms with Crippen LogP contribution in [0.1, 0.15) is 30.0 Å². The molecule has 0 unspecified atom stereocenters. The van der Waals surface area contributed by atoms with Crippen LogP contribution in [-0.2, 0) is 17.8 Å². The van der Waals surface area contributed by atoms with Crippen molar-refractivity contribution in [3.05, 3.63) is 59.2 Å². The maximum Gasteiger partial charge on any atom is 0.161 e. The number of morpholine rings is 1. The Morgan fingerprint density at radius 2 is 1.81 bits per heavy atom. The Kier molecular flexibility index (Phi) is 7.55. The molecule has 0 aliphatic carbocycles. The Hall–Kier alpha value is -2.04. The van der Waals surface area contributed by atoms with Gasteiger partial charge in [0.25, 0.3) is 0 Å². The van der Waals surface area contributed by atoms with Crippen LogP contribution in [0, 0.1) is 6.92 Å². The molecule has 0 saturated carbocycles. The molecule has 0 amide bonds. The lowest BCUT2D eigenvalue weighted by atomic mass is 10.1. The molecule has 1 aliphatic rings. The van der Waals surface area contributed by atoms with Gasteiger partial charge in [-0.3, -0.25) is 4.90 Å². The molecule has 1 saturated heterocycles. The topological polar surface area (TPSA) is 30.9 Å². The zero-order valence-corrected chi connectivity index (χ0v) is 16.6. The van der Waals surface area contributed by atoms with Crippen LogP contribution in [0.3, 0.4) is 0 Å². The first-order chi connectivity index (χ1) is 13.3. The van der Waals surface area contributed by atoms with E-state index in [1.807, 2.05) is 19.1 Å². The molecule has 1 heterocycles. The molecule has 0 atom stereocenters. The van der Waals surface area contributed by atoms with Crippen molar-refractivity contribution in [2.24, 2.45) is 0 Å². The van der Waals surface area contributed by atoms with Crippen molar-refractivity contribution in [1.82, 2.24) is 4.90 Å². The standard InChI is InChI=1S/C23H31NO3/c1-3-26-23-17-20(8-6-12-24-13-15-25-16-14-24)10-11-22(23)27-18-21-9-5-4-7-19(21)2/h4-5,7,9-11,17H,3,6,8,12-16,18H2,1-2H3. The minimum Gasteiger partial charge on any atom is -0.490 e. The van der Waals surface area contributed by atoms with E-state index in [9.17, 15) is 0 Å². The van der Waals surface area contributed by atoms with Gasteiger partial charge in [0.2, 0.25) is 0 Å². The van der Waals surface area contributed by atoms with Gasteiger partial charge in [-0.2, -0.15) is 0 Å². The van der Waals surface area contributed by atoms with Crippen molar-refractivity contribution in [2.75, 3.05) is 39.5 Å². The van der Waals surface area contributed by atoms with Crippen LogP contribution in [0.4, 0.5) is 0 Å². The largest absolute Gasteiger partial charge is 0.490 e. The van der Waals surface area contributed by atoms with Gasteiger partial charge in [-0.05, 0) is 62.1 Å². The van der Waals surface area contributed by atoms with E-state index in [4.69, 9.17) is 14.2 Å². The molecule has 4 nitrogen and oxygen atoms in total. The summed E-state index contributed by atoms with van der Waals surface area (Å²) in [6.45, 7) is 10.3. The number of aryl methyl sites for hydroxylation is 2. The minimum atomic E-state index is 0.559. The first-order valence-electron chi connectivity index (χ1n) is 9.99. The first kappa shape index (κ1) is 19.7. The first-order valence-corrected chi connectivity index (χ1v) is 9.99. The molecule has 2 aromatic rings. The molecule has 0 N–H and O–H groups in total. The summed E-state index contributed by atoms with van der Waals surface area (Å²) in [5.41, 5.74) is 3.75. The fraction of sp³-hybridized carbons (Fsp3) is 0.478. The third kappa shape index (κ3) is 5.98. The summed E-state index contributed by atoms with van der Waals surface area (Å²) >= 11 is 0. The smallest absolute Gasteiger partial charge is 0.161 e. The van der Waals surface area contributed by atoms with Gasteiger partial charge in [-0.25, -0.2) is 0 Å². The highest BCUT2D eigenvalue weighted by Gasteiger charge is 2.11. The van der Waals surface area contributed by atoms with E-state index in [0.29, 0.717) is 13.2 Å². The van der Waals surface area contributed by atoms with Gasteiger partial charge in [0.15, 0.2) is 11.5 Å². The summed E-state index contributed by atoms with van der Waals surface area (Å²) in [6.07, 6.45) is 2.20. The molecule has 146 valence electrons. The van der Waals surface area contributed by atoms with Gasteiger partial charge in [0.05, 0.1) is 19.8 Å². The molecule has 2 aromatic carbocycles. The Labute approximate surface area is 163 Å². The monoisotopic (exact) mass is 369 g/mol. The van der Waals surface area contributed by atoms with Crippen LogP contribution < -0.4 is 9.47 Å². The van der Waals surface area contributed by atoms with Crippen LogP contribution in [0.2, 0.25) is 0 Å². The van der Waals surface area contributed by atoms with E-state index in [1.165, 1.54) is 16.7 Å². The van der Waals surface area contributed by atoms with Crippen LogP contribution in [0.25, 0.3) is 0 Å². The van der Waals surface area contributed by atoms with Gasteiger partial charge in [-0.15, -0.1) is 0 Å². The Balaban J connectivity index is 1.57. The van der Waals surface area contributed by atoms with Crippen molar-refractivity contribution in [2.45, 2.75) is 33.3 Å². The predicted octanol–water partition coefficient (Wildman–Crippen LogP) is 4.24. The average Bonchev–Trinajstić information content (AvgIpc) is 2.69.